The Balaban J connectivity index is 1.09. The SMILES string of the molecule is O=S1(=O)N=c2c(-c3ccc(-n4c5ccccc5c5ccccc54)cc3)c3ccccc3c(-c3ccc(-n4c5ccccc5c5ccccc54)cc3)c2=N1. The molecule has 0 amide bonds. The third-order valence-corrected chi connectivity index (χ3v) is 11.4. The van der Waals surface area contributed by atoms with Crippen molar-refractivity contribution < 1.29 is 8.42 Å². The second kappa shape index (κ2) is 11.1. The molecule has 0 atom stereocenters. The molecule has 0 saturated heterocycles. The zero-order chi connectivity index (χ0) is 35.3. The maximum atomic E-state index is 13.2. The fourth-order valence-electron chi connectivity index (χ4n) is 8.38. The summed E-state index contributed by atoms with van der Waals surface area (Å²) in [5.74, 6) is 0. The second-order valence-corrected chi connectivity index (χ2v) is 14.7. The van der Waals surface area contributed by atoms with Crippen LogP contribution in [0.15, 0.2) is 179 Å². The van der Waals surface area contributed by atoms with Crippen LogP contribution in [-0.4, -0.2) is 17.6 Å². The number of aromatic nitrogens is 2. The molecule has 2 aromatic heterocycles. The zero-order valence-electron chi connectivity index (χ0n) is 28.2. The lowest BCUT2D eigenvalue weighted by Crippen LogP contribution is -2.27. The van der Waals surface area contributed by atoms with Gasteiger partial charge in [-0.3, -0.25) is 0 Å². The number of rotatable bonds is 4. The Kier molecular flexibility index (Phi) is 6.24. The zero-order valence-corrected chi connectivity index (χ0v) is 29.0. The number of hydrogen-bond donors (Lipinski definition) is 0. The molecule has 0 N–H and O–H groups in total. The van der Waals surface area contributed by atoms with E-state index >= 15 is 0 Å². The standard InChI is InChI=1S/C46H28N4O2S/c51-53(52)47-45-43(29-21-25-31(26-22-29)49-39-17-7-3-11-33(39)34-12-4-8-18-40(34)49)37-15-1-2-16-38(37)44(46(45)48-53)30-23-27-32(28-24-30)50-41-19-9-5-13-35(41)36-14-6-10-20-42(36)50/h1-28H. The van der Waals surface area contributed by atoms with Gasteiger partial charge in [-0.2, -0.15) is 8.42 Å². The van der Waals surface area contributed by atoms with E-state index in [4.69, 9.17) is 0 Å². The Bertz CT molecular complexity index is 3070. The molecular formula is C46H28N4O2S. The van der Waals surface area contributed by atoms with E-state index in [1.807, 2.05) is 24.3 Å². The van der Waals surface area contributed by atoms with Crippen LogP contribution >= 0.6 is 0 Å². The van der Waals surface area contributed by atoms with Crippen molar-refractivity contribution >= 4 is 64.6 Å². The van der Waals surface area contributed by atoms with Gasteiger partial charge in [-0.15, -0.1) is 8.80 Å². The van der Waals surface area contributed by atoms with Gasteiger partial charge >= 0.3 is 10.2 Å². The van der Waals surface area contributed by atoms with E-state index in [0.29, 0.717) is 10.7 Å². The lowest BCUT2D eigenvalue weighted by molar-refractivity contribution is 0.599. The average Bonchev–Trinajstić information content (AvgIpc) is 3.83. The first kappa shape index (κ1) is 29.9. The van der Waals surface area contributed by atoms with Gasteiger partial charge in [0.05, 0.1) is 22.1 Å². The largest absolute Gasteiger partial charge is 0.364 e. The Labute approximate surface area is 304 Å². The van der Waals surface area contributed by atoms with Crippen LogP contribution in [0.3, 0.4) is 0 Å². The van der Waals surface area contributed by atoms with E-state index in [9.17, 15) is 8.42 Å². The van der Waals surface area contributed by atoms with Gasteiger partial charge in [0.25, 0.3) is 0 Å². The maximum Gasteiger partial charge on any atom is 0.364 e. The molecule has 0 radical (unpaired) electrons. The van der Waals surface area contributed by atoms with Crippen molar-refractivity contribution in [3.8, 4) is 33.6 Å². The van der Waals surface area contributed by atoms with Crippen molar-refractivity contribution in [2.45, 2.75) is 0 Å². The number of para-hydroxylation sites is 4. The van der Waals surface area contributed by atoms with Gasteiger partial charge in [0.15, 0.2) is 0 Å². The minimum Gasteiger partial charge on any atom is -0.309 e. The first-order chi connectivity index (χ1) is 26.0. The van der Waals surface area contributed by atoms with Crippen molar-refractivity contribution in [1.82, 2.24) is 9.13 Å². The molecule has 7 heteroatoms. The van der Waals surface area contributed by atoms with Crippen LogP contribution in [0.2, 0.25) is 0 Å². The predicted molar refractivity (Wildman–Crippen MR) is 215 cm³/mol. The molecule has 0 spiro atoms. The summed E-state index contributed by atoms with van der Waals surface area (Å²) in [5, 5.41) is 7.34. The number of fused-ring (bicyclic) bond motifs is 8. The highest BCUT2D eigenvalue weighted by molar-refractivity contribution is 7.88. The molecule has 0 fully saturated rings. The fourth-order valence-corrected chi connectivity index (χ4v) is 9.24. The smallest absolute Gasteiger partial charge is 0.309 e. The van der Waals surface area contributed by atoms with E-state index < -0.39 is 10.2 Å². The molecule has 10 aromatic rings. The number of benzene rings is 8. The molecule has 8 aromatic carbocycles. The van der Waals surface area contributed by atoms with Crippen LogP contribution in [0, 0.1) is 0 Å². The second-order valence-electron chi connectivity index (χ2n) is 13.5. The topological polar surface area (TPSA) is 68.7 Å². The van der Waals surface area contributed by atoms with Crippen LogP contribution in [0.1, 0.15) is 0 Å². The van der Waals surface area contributed by atoms with Crippen LogP contribution in [-0.2, 0) is 10.2 Å². The Hall–Kier alpha value is -6.83. The highest BCUT2D eigenvalue weighted by Gasteiger charge is 2.24. The van der Waals surface area contributed by atoms with E-state index in [-0.39, 0.29) is 0 Å². The molecule has 0 aliphatic carbocycles. The third kappa shape index (κ3) is 4.41. The summed E-state index contributed by atoms with van der Waals surface area (Å²) in [6.07, 6.45) is 0. The summed E-state index contributed by atoms with van der Waals surface area (Å²) < 4.78 is 39.5. The van der Waals surface area contributed by atoms with Gasteiger partial charge in [0, 0.05) is 44.0 Å². The van der Waals surface area contributed by atoms with E-state index in [0.717, 1.165) is 66.5 Å². The van der Waals surface area contributed by atoms with Crippen molar-refractivity contribution in [3.05, 3.63) is 181 Å². The highest BCUT2D eigenvalue weighted by Crippen LogP contribution is 2.37. The first-order valence-corrected chi connectivity index (χ1v) is 18.9. The van der Waals surface area contributed by atoms with E-state index in [1.165, 1.54) is 21.5 Å². The molecule has 11 rings (SSSR count). The van der Waals surface area contributed by atoms with Crippen LogP contribution < -0.4 is 10.7 Å². The summed E-state index contributed by atoms with van der Waals surface area (Å²) in [7, 11) is -4.09. The Morgan fingerprint density at radius 1 is 0.340 bits per heavy atom. The Morgan fingerprint density at radius 2 is 0.623 bits per heavy atom. The lowest BCUT2D eigenvalue weighted by Gasteiger charge is -2.14. The third-order valence-electron chi connectivity index (χ3n) is 10.6. The molecular weight excluding hydrogens is 673 g/mol. The van der Waals surface area contributed by atoms with Crippen molar-refractivity contribution in [2.24, 2.45) is 8.80 Å². The average molecular weight is 701 g/mol. The first-order valence-electron chi connectivity index (χ1n) is 17.5. The van der Waals surface area contributed by atoms with Gasteiger partial charge in [0.1, 0.15) is 10.7 Å². The summed E-state index contributed by atoms with van der Waals surface area (Å²) in [6.45, 7) is 0. The van der Waals surface area contributed by atoms with Gasteiger partial charge in [-0.05, 0) is 70.4 Å². The van der Waals surface area contributed by atoms with Gasteiger partial charge in [-0.1, -0.05) is 121 Å². The minimum atomic E-state index is -4.09. The maximum absolute atomic E-state index is 13.2. The highest BCUT2D eigenvalue weighted by atomic mass is 32.2. The Morgan fingerprint density at radius 3 is 0.943 bits per heavy atom. The van der Waals surface area contributed by atoms with Crippen LogP contribution in [0.4, 0.5) is 0 Å². The molecule has 53 heavy (non-hydrogen) atoms. The predicted octanol–water partition coefficient (Wildman–Crippen LogP) is 9.87. The van der Waals surface area contributed by atoms with E-state index in [2.05, 4.69) is 164 Å². The number of hydrogen-bond acceptors (Lipinski definition) is 2. The summed E-state index contributed by atoms with van der Waals surface area (Å²) >= 11 is 0. The molecule has 3 heterocycles. The quantitative estimate of drug-likeness (QED) is 0.183. The van der Waals surface area contributed by atoms with Gasteiger partial charge in [-0.25, -0.2) is 0 Å². The lowest BCUT2D eigenvalue weighted by atomic mass is 9.90. The summed E-state index contributed by atoms with van der Waals surface area (Å²) in [6, 6.07) is 58.4. The molecule has 0 saturated carbocycles. The van der Waals surface area contributed by atoms with Crippen LogP contribution in [0.5, 0.6) is 0 Å². The van der Waals surface area contributed by atoms with Crippen molar-refractivity contribution in [2.75, 3.05) is 0 Å². The summed E-state index contributed by atoms with van der Waals surface area (Å²) in [4.78, 5) is 0. The van der Waals surface area contributed by atoms with E-state index in [1.54, 1.807) is 0 Å². The van der Waals surface area contributed by atoms with Crippen LogP contribution in [0.25, 0.3) is 88.0 Å². The van der Waals surface area contributed by atoms with Crippen molar-refractivity contribution in [3.63, 3.8) is 0 Å². The normalized spacial score (nSPS) is 13.5. The molecule has 0 unspecified atom stereocenters. The minimum absolute atomic E-state index is 0.370. The summed E-state index contributed by atoms with van der Waals surface area (Å²) in [5.41, 5.74) is 9.77. The molecule has 250 valence electrons. The van der Waals surface area contributed by atoms with Crippen molar-refractivity contribution in [1.29, 1.82) is 0 Å². The molecule has 1 aliphatic rings. The fraction of sp³-hybridized carbons (Fsp3) is 0. The van der Waals surface area contributed by atoms with Gasteiger partial charge < -0.3 is 9.13 Å². The van der Waals surface area contributed by atoms with Gasteiger partial charge in [0.2, 0.25) is 0 Å². The monoisotopic (exact) mass is 700 g/mol. The molecule has 1 aliphatic heterocycles. The molecule has 0 bridgehead atoms. The molecule has 6 nitrogen and oxygen atoms in total. The number of nitrogens with zero attached hydrogens (tertiary/aromatic N) is 4.